The maximum absolute atomic E-state index is 14.4. The van der Waals surface area contributed by atoms with E-state index in [1.54, 1.807) is 30.3 Å². The molecule has 0 heterocycles. The summed E-state index contributed by atoms with van der Waals surface area (Å²) < 4.78 is 38.0. The molecule has 7 heteroatoms. The van der Waals surface area contributed by atoms with Crippen LogP contribution in [-0.2, 0) is 14.3 Å². The van der Waals surface area contributed by atoms with Gasteiger partial charge in [-0.3, -0.25) is 0 Å². The second-order valence-electron chi connectivity index (χ2n) is 6.42. The van der Waals surface area contributed by atoms with Crippen LogP contribution in [0.15, 0.2) is 30.3 Å². The van der Waals surface area contributed by atoms with Crippen molar-refractivity contribution in [2.75, 3.05) is 6.61 Å². The first-order valence-corrected chi connectivity index (χ1v) is 9.99. The summed E-state index contributed by atoms with van der Waals surface area (Å²) in [6.45, 7) is 5.16. The fourth-order valence-electron chi connectivity index (χ4n) is 2.93. The maximum Gasteiger partial charge on any atom is 0.377 e. The van der Waals surface area contributed by atoms with Crippen LogP contribution in [-0.4, -0.2) is 34.9 Å². The Labute approximate surface area is 167 Å². The molecule has 0 aliphatic rings. The molecule has 0 saturated carbocycles. The first kappa shape index (κ1) is 23.5. The molecule has 0 aliphatic carbocycles. The summed E-state index contributed by atoms with van der Waals surface area (Å²) in [7, 11) is 0. The summed E-state index contributed by atoms with van der Waals surface area (Å²) in [5.74, 6) is -6.05. The molecule has 0 aliphatic heterocycles. The van der Waals surface area contributed by atoms with Crippen LogP contribution in [0.3, 0.4) is 0 Å². The SMILES string of the molecule is CCCC(Br)(CCC)C(CC(F)(F)C(=O)OCC)OC(=O)c1ccccc1. The van der Waals surface area contributed by atoms with E-state index in [1.807, 2.05) is 13.8 Å². The molecule has 4 nitrogen and oxygen atoms in total. The number of ether oxygens (including phenoxy) is 2. The van der Waals surface area contributed by atoms with Crippen LogP contribution in [0.1, 0.15) is 63.2 Å². The van der Waals surface area contributed by atoms with Gasteiger partial charge in [0.05, 0.1) is 22.9 Å². The number of esters is 2. The van der Waals surface area contributed by atoms with E-state index in [0.717, 1.165) is 0 Å². The van der Waals surface area contributed by atoms with Gasteiger partial charge >= 0.3 is 17.9 Å². The Bertz CT molecular complexity index is 601. The summed E-state index contributed by atoms with van der Waals surface area (Å²) in [6.07, 6.45) is 0.323. The summed E-state index contributed by atoms with van der Waals surface area (Å²) in [4.78, 5) is 24.2. The molecular weight excluding hydrogens is 422 g/mol. The van der Waals surface area contributed by atoms with Crippen molar-refractivity contribution < 1.29 is 27.8 Å². The maximum atomic E-state index is 14.4. The molecular formula is C20H27BrF2O4. The minimum atomic E-state index is -3.75. The van der Waals surface area contributed by atoms with E-state index in [2.05, 4.69) is 20.7 Å². The Kier molecular flexibility index (Phi) is 9.36. The van der Waals surface area contributed by atoms with Gasteiger partial charge in [0.2, 0.25) is 0 Å². The van der Waals surface area contributed by atoms with Crippen LogP contribution in [0.4, 0.5) is 8.78 Å². The number of benzene rings is 1. The van der Waals surface area contributed by atoms with Gasteiger partial charge < -0.3 is 9.47 Å². The van der Waals surface area contributed by atoms with Gasteiger partial charge in [0.25, 0.3) is 0 Å². The molecule has 0 aromatic heterocycles. The normalized spacial score (nSPS) is 13.1. The lowest BCUT2D eigenvalue weighted by Gasteiger charge is -2.36. The number of carbonyl (C=O) groups is 2. The molecule has 1 unspecified atom stereocenters. The van der Waals surface area contributed by atoms with Gasteiger partial charge in [-0.2, -0.15) is 8.78 Å². The van der Waals surface area contributed by atoms with Crippen molar-refractivity contribution in [2.45, 2.75) is 69.2 Å². The molecule has 0 radical (unpaired) electrons. The van der Waals surface area contributed by atoms with Crippen molar-refractivity contribution in [3.05, 3.63) is 35.9 Å². The summed E-state index contributed by atoms with van der Waals surface area (Å²) >= 11 is 3.55. The van der Waals surface area contributed by atoms with Gasteiger partial charge in [-0.15, -0.1) is 0 Å². The topological polar surface area (TPSA) is 52.6 Å². The van der Waals surface area contributed by atoms with Gasteiger partial charge in [0.1, 0.15) is 6.10 Å². The first-order valence-electron chi connectivity index (χ1n) is 9.20. The predicted octanol–water partition coefficient (Wildman–Crippen LogP) is 5.53. The highest BCUT2D eigenvalue weighted by atomic mass is 79.9. The van der Waals surface area contributed by atoms with Gasteiger partial charge in [0, 0.05) is 0 Å². The third kappa shape index (κ3) is 6.87. The Hall–Kier alpha value is -1.50. The summed E-state index contributed by atoms with van der Waals surface area (Å²) in [6, 6.07) is 8.18. The van der Waals surface area contributed by atoms with E-state index in [4.69, 9.17) is 4.74 Å². The monoisotopic (exact) mass is 448 g/mol. The van der Waals surface area contributed by atoms with Crippen LogP contribution < -0.4 is 0 Å². The minimum Gasteiger partial charge on any atom is -0.462 e. The lowest BCUT2D eigenvalue weighted by molar-refractivity contribution is -0.176. The van der Waals surface area contributed by atoms with Crippen molar-refractivity contribution in [1.82, 2.24) is 0 Å². The molecule has 0 amide bonds. The number of rotatable bonds is 11. The van der Waals surface area contributed by atoms with Crippen molar-refractivity contribution in [3.8, 4) is 0 Å². The minimum absolute atomic E-state index is 0.147. The van der Waals surface area contributed by atoms with Crippen LogP contribution in [0.2, 0.25) is 0 Å². The van der Waals surface area contributed by atoms with Gasteiger partial charge in [-0.05, 0) is 31.9 Å². The van der Waals surface area contributed by atoms with Crippen molar-refractivity contribution in [1.29, 1.82) is 0 Å². The largest absolute Gasteiger partial charge is 0.462 e. The molecule has 1 rings (SSSR count). The highest BCUT2D eigenvalue weighted by Crippen LogP contribution is 2.40. The Morgan fingerprint density at radius 3 is 2.11 bits per heavy atom. The summed E-state index contributed by atoms with van der Waals surface area (Å²) in [5.41, 5.74) is 0.268. The Morgan fingerprint density at radius 1 is 1.07 bits per heavy atom. The lowest BCUT2D eigenvalue weighted by Crippen LogP contribution is -2.46. The standard InChI is InChI=1S/C20H27BrF2O4/c1-4-12-19(21,13-5-2)16(14-20(22,23)18(25)26-6-3)27-17(24)15-10-8-7-9-11-15/h7-11,16H,4-6,12-14H2,1-3H3. The molecule has 152 valence electrons. The van der Waals surface area contributed by atoms with E-state index in [-0.39, 0.29) is 12.2 Å². The van der Waals surface area contributed by atoms with E-state index < -0.39 is 34.7 Å². The van der Waals surface area contributed by atoms with E-state index in [1.165, 1.54) is 6.92 Å². The molecule has 0 bridgehead atoms. The zero-order valence-electron chi connectivity index (χ0n) is 16.0. The van der Waals surface area contributed by atoms with Crippen molar-refractivity contribution in [3.63, 3.8) is 0 Å². The second-order valence-corrected chi connectivity index (χ2v) is 8.00. The number of carbonyl (C=O) groups excluding carboxylic acids is 2. The zero-order valence-corrected chi connectivity index (χ0v) is 17.6. The van der Waals surface area contributed by atoms with Crippen LogP contribution >= 0.6 is 15.9 Å². The van der Waals surface area contributed by atoms with E-state index in [9.17, 15) is 18.4 Å². The molecule has 0 N–H and O–H groups in total. The van der Waals surface area contributed by atoms with E-state index >= 15 is 0 Å². The Morgan fingerprint density at radius 2 is 1.63 bits per heavy atom. The second kappa shape index (κ2) is 10.7. The first-order chi connectivity index (χ1) is 12.7. The smallest absolute Gasteiger partial charge is 0.377 e. The molecule has 27 heavy (non-hydrogen) atoms. The number of alkyl halides is 3. The van der Waals surface area contributed by atoms with Crippen LogP contribution in [0, 0.1) is 0 Å². The molecule has 0 fully saturated rings. The summed E-state index contributed by atoms with van der Waals surface area (Å²) in [5, 5.41) is 0. The third-order valence-corrected chi connectivity index (χ3v) is 5.49. The highest BCUT2D eigenvalue weighted by Gasteiger charge is 2.49. The van der Waals surface area contributed by atoms with Crippen molar-refractivity contribution >= 4 is 27.9 Å². The zero-order chi connectivity index (χ0) is 20.5. The van der Waals surface area contributed by atoms with Crippen LogP contribution in [0.25, 0.3) is 0 Å². The molecule has 0 saturated heterocycles. The fraction of sp³-hybridized carbons (Fsp3) is 0.600. The average molecular weight is 449 g/mol. The molecule has 0 spiro atoms. The average Bonchev–Trinajstić information content (AvgIpc) is 2.62. The predicted molar refractivity (Wildman–Crippen MR) is 103 cm³/mol. The number of halogens is 3. The van der Waals surface area contributed by atoms with Crippen LogP contribution in [0.5, 0.6) is 0 Å². The van der Waals surface area contributed by atoms with Gasteiger partial charge in [-0.1, -0.05) is 60.8 Å². The molecule has 1 atom stereocenters. The third-order valence-electron chi connectivity index (χ3n) is 4.18. The number of hydrogen-bond donors (Lipinski definition) is 0. The quantitative estimate of drug-likeness (QED) is 0.329. The number of hydrogen-bond acceptors (Lipinski definition) is 4. The van der Waals surface area contributed by atoms with Gasteiger partial charge in [0.15, 0.2) is 0 Å². The van der Waals surface area contributed by atoms with Crippen molar-refractivity contribution in [2.24, 2.45) is 0 Å². The molecule has 1 aromatic rings. The molecule has 1 aromatic carbocycles. The lowest BCUT2D eigenvalue weighted by atomic mass is 9.88. The highest BCUT2D eigenvalue weighted by molar-refractivity contribution is 9.10. The van der Waals surface area contributed by atoms with E-state index in [0.29, 0.717) is 25.7 Å². The fourth-order valence-corrected chi connectivity index (χ4v) is 3.98. The van der Waals surface area contributed by atoms with Gasteiger partial charge in [-0.25, -0.2) is 9.59 Å². The Balaban J connectivity index is 3.14.